The highest BCUT2D eigenvalue weighted by Gasteiger charge is 2.08. The minimum absolute atomic E-state index is 0.124. The molecule has 2 aromatic carbocycles. The van der Waals surface area contributed by atoms with Crippen molar-refractivity contribution >= 4 is 35.1 Å². The second kappa shape index (κ2) is 11.5. The average molecular weight is 437 g/mol. The average Bonchev–Trinajstić information content (AvgIpc) is 2.69. The van der Waals surface area contributed by atoms with Gasteiger partial charge in [0.1, 0.15) is 5.75 Å². The minimum atomic E-state index is -0.496. The van der Waals surface area contributed by atoms with Gasteiger partial charge in [0, 0.05) is 26.7 Å². The van der Waals surface area contributed by atoms with E-state index in [4.69, 9.17) is 38.7 Å². The molecule has 0 unspecified atom stereocenters. The Labute approximate surface area is 181 Å². The van der Waals surface area contributed by atoms with Crippen molar-refractivity contribution in [2.24, 2.45) is 10.7 Å². The Hall–Kier alpha value is -2.44. The molecule has 0 atom stereocenters. The first-order valence-electron chi connectivity index (χ1n) is 9.32. The van der Waals surface area contributed by atoms with Crippen molar-refractivity contribution in [3.8, 4) is 5.75 Å². The first kappa shape index (κ1) is 22.8. The van der Waals surface area contributed by atoms with E-state index >= 15 is 0 Å². The number of amides is 1. The van der Waals surface area contributed by atoms with E-state index in [-0.39, 0.29) is 6.61 Å². The Morgan fingerprint density at radius 1 is 1.14 bits per heavy atom. The third kappa shape index (κ3) is 7.83. The summed E-state index contributed by atoms with van der Waals surface area (Å²) in [6, 6.07) is 13.2. The topological polar surface area (TPSA) is 80.0 Å². The Balaban J connectivity index is 1.93. The molecule has 29 heavy (non-hydrogen) atoms. The number of aliphatic imine (C=N–C) groups is 1. The van der Waals surface area contributed by atoms with E-state index in [1.807, 2.05) is 55.3 Å². The van der Waals surface area contributed by atoms with Crippen LogP contribution in [0.15, 0.2) is 47.5 Å². The van der Waals surface area contributed by atoms with Crippen molar-refractivity contribution in [1.82, 2.24) is 10.2 Å². The molecule has 0 fully saturated rings. The fraction of sp³-hybridized carbons (Fsp3) is 0.333. The summed E-state index contributed by atoms with van der Waals surface area (Å²) in [5, 5.41) is 4.39. The van der Waals surface area contributed by atoms with Crippen molar-refractivity contribution in [2.75, 3.05) is 26.7 Å². The van der Waals surface area contributed by atoms with Gasteiger partial charge in [0.25, 0.3) is 5.91 Å². The number of carbonyl (C=O) groups excluding carboxylic acids is 1. The summed E-state index contributed by atoms with van der Waals surface area (Å²) in [6.45, 7) is 3.98. The number of nitrogens with two attached hydrogens (primary N) is 1. The lowest BCUT2D eigenvalue weighted by atomic mass is 10.1. The molecule has 0 bridgehead atoms. The molecule has 0 radical (unpaired) electrons. The summed E-state index contributed by atoms with van der Waals surface area (Å²) in [7, 11) is 1.98. The summed E-state index contributed by atoms with van der Waals surface area (Å²) < 4.78 is 5.26. The lowest BCUT2D eigenvalue weighted by molar-refractivity contribution is -0.119. The molecule has 0 heterocycles. The predicted molar refractivity (Wildman–Crippen MR) is 119 cm³/mol. The van der Waals surface area contributed by atoms with Gasteiger partial charge in [-0.05, 0) is 48.7 Å². The molecule has 0 saturated carbocycles. The van der Waals surface area contributed by atoms with Crippen LogP contribution in [0.5, 0.6) is 5.75 Å². The number of nitrogens with zero attached hydrogens (tertiary/aromatic N) is 2. The van der Waals surface area contributed by atoms with E-state index < -0.39 is 5.91 Å². The Morgan fingerprint density at radius 2 is 1.83 bits per heavy atom. The standard InChI is InChI=1S/C21H26Cl2N4O2/c1-3-25-21(27(2)13-16-6-9-18(22)19(23)12-16)26-11-10-15-4-7-17(8-5-15)29-14-20(24)28/h4-9,12H,3,10-11,13-14H2,1-2H3,(H2,24,28)(H,25,26). The van der Waals surface area contributed by atoms with Crippen molar-refractivity contribution in [2.45, 2.75) is 19.9 Å². The van der Waals surface area contributed by atoms with E-state index in [1.54, 1.807) is 6.07 Å². The number of hydrogen-bond donors (Lipinski definition) is 2. The van der Waals surface area contributed by atoms with Gasteiger partial charge < -0.3 is 20.7 Å². The number of hydrogen-bond acceptors (Lipinski definition) is 3. The maximum Gasteiger partial charge on any atom is 0.255 e. The maximum atomic E-state index is 10.8. The van der Waals surface area contributed by atoms with Crippen molar-refractivity contribution in [3.05, 3.63) is 63.6 Å². The zero-order chi connectivity index (χ0) is 21.2. The van der Waals surface area contributed by atoms with Crippen LogP contribution in [0.25, 0.3) is 0 Å². The number of carbonyl (C=O) groups is 1. The number of halogens is 2. The van der Waals surface area contributed by atoms with Crippen LogP contribution in [0.1, 0.15) is 18.1 Å². The Kier molecular flexibility index (Phi) is 9.09. The molecule has 0 aromatic heterocycles. The molecule has 156 valence electrons. The second-order valence-electron chi connectivity index (χ2n) is 6.49. The van der Waals surface area contributed by atoms with Crippen LogP contribution in [-0.2, 0) is 17.8 Å². The Morgan fingerprint density at radius 3 is 2.45 bits per heavy atom. The third-order valence-electron chi connectivity index (χ3n) is 4.07. The fourth-order valence-electron chi connectivity index (χ4n) is 2.65. The second-order valence-corrected chi connectivity index (χ2v) is 7.30. The number of primary amides is 1. The van der Waals surface area contributed by atoms with Gasteiger partial charge in [0.05, 0.1) is 10.0 Å². The molecule has 6 nitrogen and oxygen atoms in total. The molecule has 0 aliphatic heterocycles. The molecule has 0 saturated heterocycles. The quantitative estimate of drug-likeness (QED) is 0.465. The summed E-state index contributed by atoms with van der Waals surface area (Å²) >= 11 is 12.1. The molecule has 0 aliphatic carbocycles. The first-order valence-corrected chi connectivity index (χ1v) is 10.1. The smallest absolute Gasteiger partial charge is 0.255 e. The van der Waals surface area contributed by atoms with Gasteiger partial charge in [-0.1, -0.05) is 41.4 Å². The molecule has 1 amide bonds. The van der Waals surface area contributed by atoms with Crippen LogP contribution in [-0.4, -0.2) is 43.5 Å². The molecular weight excluding hydrogens is 411 g/mol. The zero-order valence-corrected chi connectivity index (χ0v) is 18.1. The molecule has 3 N–H and O–H groups in total. The first-order chi connectivity index (χ1) is 13.9. The molecular formula is C21H26Cl2N4O2. The minimum Gasteiger partial charge on any atom is -0.484 e. The van der Waals surface area contributed by atoms with Crippen LogP contribution in [0.3, 0.4) is 0 Å². The van der Waals surface area contributed by atoms with Gasteiger partial charge in [0.2, 0.25) is 0 Å². The Bertz CT molecular complexity index is 841. The van der Waals surface area contributed by atoms with Gasteiger partial charge in [-0.2, -0.15) is 0 Å². The summed E-state index contributed by atoms with van der Waals surface area (Å²) in [5.41, 5.74) is 7.26. The van der Waals surface area contributed by atoms with Gasteiger partial charge >= 0.3 is 0 Å². The maximum absolute atomic E-state index is 10.8. The number of guanidine groups is 1. The highest BCUT2D eigenvalue weighted by Crippen LogP contribution is 2.23. The summed E-state index contributed by atoms with van der Waals surface area (Å²) in [6.07, 6.45) is 0.783. The van der Waals surface area contributed by atoms with Crippen LogP contribution >= 0.6 is 23.2 Å². The number of ether oxygens (including phenoxy) is 1. The SMILES string of the molecule is CCNC(=NCCc1ccc(OCC(N)=O)cc1)N(C)Cc1ccc(Cl)c(Cl)c1. The van der Waals surface area contributed by atoms with Crippen LogP contribution in [0, 0.1) is 0 Å². The molecule has 8 heteroatoms. The van der Waals surface area contributed by atoms with E-state index in [2.05, 4.69) is 5.32 Å². The van der Waals surface area contributed by atoms with Crippen LogP contribution in [0.2, 0.25) is 10.0 Å². The molecule has 2 rings (SSSR count). The van der Waals surface area contributed by atoms with E-state index in [0.717, 1.165) is 30.1 Å². The molecule has 0 spiro atoms. The number of nitrogens with one attached hydrogen (secondary N) is 1. The van der Waals surface area contributed by atoms with Gasteiger partial charge in [-0.15, -0.1) is 0 Å². The third-order valence-corrected chi connectivity index (χ3v) is 4.81. The lowest BCUT2D eigenvalue weighted by Crippen LogP contribution is -2.38. The molecule has 0 aliphatic rings. The van der Waals surface area contributed by atoms with Crippen LogP contribution < -0.4 is 15.8 Å². The van der Waals surface area contributed by atoms with Crippen LogP contribution in [0.4, 0.5) is 0 Å². The van der Waals surface area contributed by atoms with Crippen molar-refractivity contribution in [1.29, 1.82) is 0 Å². The highest BCUT2D eigenvalue weighted by atomic mass is 35.5. The number of benzene rings is 2. The highest BCUT2D eigenvalue weighted by molar-refractivity contribution is 6.42. The summed E-state index contributed by atoms with van der Waals surface area (Å²) in [5.74, 6) is 0.940. The van der Waals surface area contributed by atoms with E-state index in [1.165, 1.54) is 0 Å². The van der Waals surface area contributed by atoms with Gasteiger partial charge in [-0.3, -0.25) is 9.79 Å². The predicted octanol–water partition coefficient (Wildman–Crippen LogP) is 3.50. The lowest BCUT2D eigenvalue weighted by Gasteiger charge is -2.22. The fourth-order valence-corrected chi connectivity index (χ4v) is 2.97. The largest absolute Gasteiger partial charge is 0.484 e. The van der Waals surface area contributed by atoms with E-state index in [0.29, 0.717) is 28.9 Å². The van der Waals surface area contributed by atoms with Crippen molar-refractivity contribution < 1.29 is 9.53 Å². The van der Waals surface area contributed by atoms with E-state index in [9.17, 15) is 4.79 Å². The van der Waals surface area contributed by atoms with Gasteiger partial charge in [-0.25, -0.2) is 0 Å². The monoisotopic (exact) mass is 436 g/mol. The van der Waals surface area contributed by atoms with Gasteiger partial charge in [0.15, 0.2) is 12.6 Å². The molecule has 2 aromatic rings. The number of rotatable bonds is 9. The van der Waals surface area contributed by atoms with Crippen molar-refractivity contribution in [3.63, 3.8) is 0 Å². The summed E-state index contributed by atoms with van der Waals surface area (Å²) in [4.78, 5) is 17.5. The zero-order valence-electron chi connectivity index (χ0n) is 16.6. The normalized spacial score (nSPS) is 11.2.